The Labute approximate surface area is 92.1 Å². The third-order valence-corrected chi connectivity index (χ3v) is 3.02. The minimum atomic E-state index is 0. The average molecular weight is 212 g/mol. The molecular weight excluding hydrogens is 194 g/mol. The minimum Gasteiger partial charge on any atom is -0.330 e. The zero-order chi connectivity index (χ0) is 9.10. The number of nitrogens with two attached hydrogens (primary N) is 1. The fourth-order valence-electron chi connectivity index (χ4n) is 2.26. The number of rotatable bonds is 2. The molecule has 0 bridgehead atoms. The minimum absolute atomic E-state index is 0. The van der Waals surface area contributed by atoms with E-state index in [9.17, 15) is 0 Å². The maximum Gasteiger partial charge on any atom is -0.00745 e. The van der Waals surface area contributed by atoms with Gasteiger partial charge in [0.25, 0.3) is 0 Å². The monoisotopic (exact) mass is 211 g/mol. The lowest BCUT2D eigenvalue weighted by atomic mass is 9.82. The van der Waals surface area contributed by atoms with Crippen LogP contribution < -0.4 is 5.73 Å². The summed E-state index contributed by atoms with van der Waals surface area (Å²) in [6.45, 7) is 0.840. The third kappa shape index (κ3) is 2.49. The molecule has 1 aromatic rings. The number of halogens is 1. The van der Waals surface area contributed by atoms with Gasteiger partial charge in [0.15, 0.2) is 0 Å². The van der Waals surface area contributed by atoms with E-state index in [1.54, 1.807) is 11.1 Å². The highest BCUT2D eigenvalue weighted by atomic mass is 35.5. The van der Waals surface area contributed by atoms with Crippen molar-refractivity contribution < 1.29 is 0 Å². The summed E-state index contributed by atoms with van der Waals surface area (Å²) in [6, 6.07) is 8.80. The van der Waals surface area contributed by atoms with Crippen LogP contribution in [-0.2, 0) is 12.8 Å². The summed E-state index contributed by atoms with van der Waals surface area (Å²) in [6.07, 6.45) is 5.01. The molecule has 2 rings (SSSR count). The van der Waals surface area contributed by atoms with Gasteiger partial charge >= 0.3 is 0 Å². The fourth-order valence-corrected chi connectivity index (χ4v) is 2.26. The molecule has 1 nitrogen and oxygen atoms in total. The Morgan fingerprint density at radius 2 is 1.93 bits per heavy atom. The molecule has 0 amide bonds. The molecule has 2 heteroatoms. The molecule has 78 valence electrons. The largest absolute Gasteiger partial charge is 0.330 e. The molecule has 0 heterocycles. The molecule has 1 aliphatic rings. The van der Waals surface area contributed by atoms with Gasteiger partial charge in [-0.3, -0.25) is 0 Å². The van der Waals surface area contributed by atoms with E-state index in [4.69, 9.17) is 5.73 Å². The summed E-state index contributed by atoms with van der Waals surface area (Å²) in [4.78, 5) is 0. The van der Waals surface area contributed by atoms with Crippen LogP contribution in [0, 0.1) is 5.92 Å². The molecule has 1 atom stereocenters. The normalized spacial score (nSPS) is 19.6. The second-order valence-electron chi connectivity index (χ2n) is 3.95. The number of fused-ring (bicyclic) bond motifs is 1. The second-order valence-corrected chi connectivity index (χ2v) is 3.95. The van der Waals surface area contributed by atoms with Crippen molar-refractivity contribution in [1.82, 2.24) is 0 Å². The standard InChI is InChI=1S/C12H17N.ClH/c13-8-7-10-5-6-11-3-1-2-4-12(11)9-10;/h1-4,10H,5-9,13H2;1H. The first kappa shape index (κ1) is 11.5. The lowest BCUT2D eigenvalue weighted by Gasteiger charge is -2.23. The summed E-state index contributed by atoms with van der Waals surface area (Å²) in [5, 5.41) is 0. The van der Waals surface area contributed by atoms with Crippen LogP contribution in [0.3, 0.4) is 0 Å². The lowest BCUT2D eigenvalue weighted by molar-refractivity contribution is 0.433. The summed E-state index contributed by atoms with van der Waals surface area (Å²) < 4.78 is 0. The molecule has 1 aromatic carbocycles. The van der Waals surface area contributed by atoms with Gasteiger partial charge in [-0.05, 0) is 49.3 Å². The molecule has 1 aliphatic carbocycles. The van der Waals surface area contributed by atoms with Crippen molar-refractivity contribution >= 4 is 12.4 Å². The first-order chi connectivity index (χ1) is 6.40. The van der Waals surface area contributed by atoms with E-state index in [1.165, 1.54) is 25.7 Å². The Kier molecular flexibility index (Phi) is 4.43. The van der Waals surface area contributed by atoms with Crippen LogP contribution in [0.1, 0.15) is 24.0 Å². The molecule has 14 heavy (non-hydrogen) atoms. The maximum absolute atomic E-state index is 5.58. The van der Waals surface area contributed by atoms with Crippen LogP contribution in [0.25, 0.3) is 0 Å². The quantitative estimate of drug-likeness (QED) is 0.800. The predicted octanol–water partition coefficient (Wildman–Crippen LogP) is 2.56. The Morgan fingerprint density at radius 1 is 1.21 bits per heavy atom. The zero-order valence-corrected chi connectivity index (χ0v) is 9.22. The summed E-state index contributed by atoms with van der Waals surface area (Å²) in [7, 11) is 0. The first-order valence-corrected chi connectivity index (χ1v) is 5.17. The number of hydrogen-bond donors (Lipinski definition) is 1. The molecule has 0 spiro atoms. The number of benzene rings is 1. The smallest absolute Gasteiger partial charge is 0.00745 e. The topological polar surface area (TPSA) is 26.0 Å². The highest BCUT2D eigenvalue weighted by Crippen LogP contribution is 2.26. The van der Waals surface area contributed by atoms with Crippen molar-refractivity contribution in [2.75, 3.05) is 6.54 Å². The third-order valence-electron chi connectivity index (χ3n) is 3.02. The highest BCUT2D eigenvalue weighted by molar-refractivity contribution is 5.85. The van der Waals surface area contributed by atoms with Crippen LogP contribution in [0.15, 0.2) is 24.3 Å². The van der Waals surface area contributed by atoms with E-state index in [-0.39, 0.29) is 12.4 Å². The predicted molar refractivity (Wildman–Crippen MR) is 62.9 cm³/mol. The van der Waals surface area contributed by atoms with Crippen LogP contribution in [-0.4, -0.2) is 6.54 Å². The maximum atomic E-state index is 5.58. The van der Waals surface area contributed by atoms with Gasteiger partial charge in [-0.15, -0.1) is 12.4 Å². The Morgan fingerprint density at radius 3 is 2.64 bits per heavy atom. The molecular formula is C12H18ClN. The highest BCUT2D eigenvalue weighted by Gasteiger charge is 2.16. The van der Waals surface area contributed by atoms with Crippen LogP contribution in [0.4, 0.5) is 0 Å². The summed E-state index contributed by atoms with van der Waals surface area (Å²) in [5.41, 5.74) is 8.68. The molecule has 0 fully saturated rings. The Balaban J connectivity index is 0.000000980. The molecule has 0 radical (unpaired) electrons. The van der Waals surface area contributed by atoms with Gasteiger partial charge in [-0.25, -0.2) is 0 Å². The molecule has 0 saturated carbocycles. The van der Waals surface area contributed by atoms with Gasteiger partial charge in [-0.1, -0.05) is 24.3 Å². The van der Waals surface area contributed by atoms with Gasteiger partial charge in [0.05, 0.1) is 0 Å². The van der Waals surface area contributed by atoms with Crippen molar-refractivity contribution in [1.29, 1.82) is 0 Å². The van der Waals surface area contributed by atoms with Crippen molar-refractivity contribution in [3.63, 3.8) is 0 Å². The van der Waals surface area contributed by atoms with Crippen LogP contribution in [0.5, 0.6) is 0 Å². The van der Waals surface area contributed by atoms with Gasteiger partial charge in [0.1, 0.15) is 0 Å². The van der Waals surface area contributed by atoms with Gasteiger partial charge in [0, 0.05) is 0 Å². The molecule has 2 N–H and O–H groups in total. The Bertz CT molecular complexity index is 285. The van der Waals surface area contributed by atoms with E-state index in [0.717, 1.165) is 12.5 Å². The summed E-state index contributed by atoms with van der Waals surface area (Å²) >= 11 is 0. The first-order valence-electron chi connectivity index (χ1n) is 5.17. The van der Waals surface area contributed by atoms with Crippen molar-refractivity contribution in [2.24, 2.45) is 11.7 Å². The van der Waals surface area contributed by atoms with Gasteiger partial charge in [-0.2, -0.15) is 0 Å². The van der Waals surface area contributed by atoms with E-state index in [0.29, 0.717) is 0 Å². The van der Waals surface area contributed by atoms with E-state index in [1.807, 2.05) is 0 Å². The van der Waals surface area contributed by atoms with E-state index < -0.39 is 0 Å². The Hall–Kier alpha value is -0.530. The van der Waals surface area contributed by atoms with Crippen LogP contribution in [0.2, 0.25) is 0 Å². The molecule has 0 aromatic heterocycles. The second kappa shape index (κ2) is 5.38. The lowest BCUT2D eigenvalue weighted by Crippen LogP contribution is -2.17. The van der Waals surface area contributed by atoms with Gasteiger partial charge in [0.2, 0.25) is 0 Å². The molecule has 0 aliphatic heterocycles. The molecule has 1 unspecified atom stereocenters. The van der Waals surface area contributed by atoms with Crippen molar-refractivity contribution in [3.8, 4) is 0 Å². The number of aryl methyl sites for hydroxylation is 1. The fraction of sp³-hybridized carbons (Fsp3) is 0.500. The van der Waals surface area contributed by atoms with Gasteiger partial charge < -0.3 is 5.73 Å². The number of hydrogen-bond acceptors (Lipinski definition) is 1. The SMILES string of the molecule is Cl.NCCC1CCc2ccccc2C1. The molecule has 0 saturated heterocycles. The van der Waals surface area contributed by atoms with Crippen LogP contribution >= 0.6 is 12.4 Å². The average Bonchev–Trinajstić information content (AvgIpc) is 2.18. The summed E-state index contributed by atoms with van der Waals surface area (Å²) in [5.74, 6) is 0.833. The van der Waals surface area contributed by atoms with Crippen molar-refractivity contribution in [2.45, 2.75) is 25.7 Å². The van der Waals surface area contributed by atoms with Crippen molar-refractivity contribution in [3.05, 3.63) is 35.4 Å². The van der Waals surface area contributed by atoms with E-state index >= 15 is 0 Å². The van der Waals surface area contributed by atoms with E-state index in [2.05, 4.69) is 24.3 Å². The zero-order valence-electron chi connectivity index (χ0n) is 8.41.